The topological polar surface area (TPSA) is 103 Å². The number of pyridine rings is 1. The molecule has 2 aromatic rings. The lowest BCUT2D eigenvalue weighted by atomic mass is 10.3. The highest BCUT2D eigenvalue weighted by Gasteiger charge is 2.28. The molecule has 1 aliphatic rings. The molecule has 0 amide bonds. The van der Waals surface area contributed by atoms with Crippen LogP contribution in [0.5, 0.6) is 0 Å². The summed E-state index contributed by atoms with van der Waals surface area (Å²) in [6.45, 7) is 1.96. The number of hydrogen-bond acceptors (Lipinski definition) is 7. The second-order valence-corrected chi connectivity index (χ2v) is 7.12. The highest BCUT2D eigenvalue weighted by Crippen LogP contribution is 2.18. The molecule has 3 heterocycles. The second-order valence-electron chi connectivity index (χ2n) is 5.15. The molecular formula is C14H15N5O3S. The van der Waals surface area contributed by atoms with E-state index in [0.29, 0.717) is 37.6 Å². The lowest BCUT2D eigenvalue weighted by Crippen LogP contribution is -2.49. The first kappa shape index (κ1) is 15.5. The standard InChI is InChI=1S/C14H15N5O3S/c15-9-12-1-2-14(10-16-12)18-4-6-19(7-5-18)23(20,21)11-13-3-8-22-17-13/h1-3,8,10H,4-7,11H2. The van der Waals surface area contributed by atoms with Gasteiger partial charge in [0.15, 0.2) is 0 Å². The lowest BCUT2D eigenvalue weighted by molar-refractivity contribution is 0.381. The lowest BCUT2D eigenvalue weighted by Gasteiger charge is -2.35. The molecule has 0 aliphatic carbocycles. The molecule has 23 heavy (non-hydrogen) atoms. The van der Waals surface area contributed by atoms with E-state index in [1.165, 1.54) is 10.6 Å². The Bertz CT molecular complexity index is 788. The Hall–Kier alpha value is -2.44. The monoisotopic (exact) mass is 333 g/mol. The zero-order valence-corrected chi connectivity index (χ0v) is 13.1. The number of rotatable bonds is 4. The minimum atomic E-state index is -3.40. The van der Waals surface area contributed by atoms with Crippen molar-refractivity contribution in [1.82, 2.24) is 14.4 Å². The molecule has 0 radical (unpaired) electrons. The first-order chi connectivity index (χ1) is 11.1. The molecule has 9 heteroatoms. The van der Waals surface area contributed by atoms with Crippen LogP contribution in [-0.4, -0.2) is 49.0 Å². The van der Waals surface area contributed by atoms with E-state index in [1.807, 2.05) is 12.1 Å². The predicted molar refractivity (Wildman–Crippen MR) is 81.9 cm³/mol. The largest absolute Gasteiger partial charge is 0.368 e. The van der Waals surface area contributed by atoms with E-state index in [-0.39, 0.29) is 5.75 Å². The summed E-state index contributed by atoms with van der Waals surface area (Å²) in [5, 5.41) is 12.4. The highest BCUT2D eigenvalue weighted by molar-refractivity contribution is 7.88. The van der Waals surface area contributed by atoms with Gasteiger partial charge in [-0.3, -0.25) is 0 Å². The molecule has 1 saturated heterocycles. The van der Waals surface area contributed by atoms with Gasteiger partial charge in [0.1, 0.15) is 23.8 Å². The van der Waals surface area contributed by atoms with Gasteiger partial charge >= 0.3 is 0 Å². The van der Waals surface area contributed by atoms with Gasteiger partial charge in [-0.1, -0.05) is 5.16 Å². The molecule has 0 atom stereocenters. The molecule has 0 N–H and O–H groups in total. The molecule has 8 nitrogen and oxygen atoms in total. The fourth-order valence-corrected chi connectivity index (χ4v) is 3.88. The average molecular weight is 333 g/mol. The predicted octanol–water partition coefficient (Wildman–Crippen LogP) is 0.593. The van der Waals surface area contributed by atoms with Crippen molar-refractivity contribution in [3.63, 3.8) is 0 Å². The Morgan fingerprint density at radius 2 is 2.00 bits per heavy atom. The van der Waals surface area contributed by atoms with Gasteiger partial charge in [0.05, 0.1) is 17.6 Å². The Morgan fingerprint density at radius 1 is 1.22 bits per heavy atom. The third kappa shape index (κ3) is 3.49. The summed E-state index contributed by atoms with van der Waals surface area (Å²) in [6, 6.07) is 7.01. The number of anilines is 1. The minimum absolute atomic E-state index is 0.151. The third-order valence-corrected chi connectivity index (χ3v) is 5.49. The number of nitrogens with zero attached hydrogens (tertiary/aromatic N) is 5. The van der Waals surface area contributed by atoms with E-state index >= 15 is 0 Å². The molecule has 0 spiro atoms. The third-order valence-electron chi connectivity index (χ3n) is 3.68. The van der Waals surface area contributed by atoms with E-state index < -0.39 is 10.0 Å². The maximum atomic E-state index is 12.4. The molecule has 0 saturated carbocycles. The molecular weight excluding hydrogens is 318 g/mol. The number of hydrogen-bond donors (Lipinski definition) is 0. The van der Waals surface area contributed by atoms with E-state index in [1.54, 1.807) is 18.3 Å². The van der Waals surface area contributed by atoms with Gasteiger partial charge in [0, 0.05) is 32.2 Å². The summed E-state index contributed by atoms with van der Waals surface area (Å²) >= 11 is 0. The summed E-state index contributed by atoms with van der Waals surface area (Å²) < 4.78 is 30.9. The Labute approximate surface area is 134 Å². The van der Waals surface area contributed by atoms with Crippen LogP contribution in [0.3, 0.4) is 0 Å². The first-order valence-corrected chi connectivity index (χ1v) is 8.67. The van der Waals surface area contributed by atoms with Crippen molar-refractivity contribution >= 4 is 15.7 Å². The van der Waals surface area contributed by atoms with Crippen LogP contribution in [0.1, 0.15) is 11.4 Å². The average Bonchev–Trinajstić information content (AvgIpc) is 3.07. The van der Waals surface area contributed by atoms with Crippen LogP contribution in [0.2, 0.25) is 0 Å². The van der Waals surface area contributed by atoms with Crippen molar-refractivity contribution in [3.05, 3.63) is 42.0 Å². The Morgan fingerprint density at radius 3 is 2.57 bits per heavy atom. The van der Waals surface area contributed by atoms with Gasteiger partial charge in [-0.15, -0.1) is 0 Å². The maximum Gasteiger partial charge on any atom is 0.220 e. The molecule has 120 valence electrons. The van der Waals surface area contributed by atoms with Crippen molar-refractivity contribution in [2.75, 3.05) is 31.1 Å². The van der Waals surface area contributed by atoms with Gasteiger partial charge in [0.2, 0.25) is 10.0 Å². The van der Waals surface area contributed by atoms with Crippen molar-refractivity contribution in [1.29, 1.82) is 5.26 Å². The molecule has 0 unspecified atom stereocenters. The first-order valence-electron chi connectivity index (χ1n) is 7.07. The summed E-state index contributed by atoms with van der Waals surface area (Å²) in [7, 11) is -3.40. The fourth-order valence-electron chi connectivity index (χ4n) is 2.45. The molecule has 3 rings (SSSR count). The van der Waals surface area contributed by atoms with Gasteiger partial charge < -0.3 is 9.42 Å². The van der Waals surface area contributed by atoms with Gasteiger partial charge in [-0.25, -0.2) is 13.4 Å². The van der Waals surface area contributed by atoms with Crippen LogP contribution >= 0.6 is 0 Å². The van der Waals surface area contributed by atoms with E-state index in [0.717, 1.165) is 5.69 Å². The number of piperazine rings is 1. The summed E-state index contributed by atoms with van der Waals surface area (Å²) in [6.07, 6.45) is 3.00. The Kier molecular flexibility index (Phi) is 4.27. The highest BCUT2D eigenvalue weighted by atomic mass is 32.2. The van der Waals surface area contributed by atoms with E-state index in [2.05, 4.69) is 19.6 Å². The molecule has 1 aliphatic heterocycles. The van der Waals surface area contributed by atoms with Crippen LogP contribution in [0.4, 0.5) is 5.69 Å². The molecule has 0 aromatic carbocycles. The van der Waals surface area contributed by atoms with Crippen molar-refractivity contribution in [2.45, 2.75) is 5.75 Å². The van der Waals surface area contributed by atoms with Crippen LogP contribution < -0.4 is 4.90 Å². The number of aromatic nitrogens is 2. The summed E-state index contributed by atoms with van der Waals surface area (Å²) in [4.78, 5) is 6.09. The zero-order valence-electron chi connectivity index (χ0n) is 12.3. The minimum Gasteiger partial charge on any atom is -0.368 e. The van der Waals surface area contributed by atoms with Crippen molar-refractivity contribution in [2.24, 2.45) is 0 Å². The van der Waals surface area contributed by atoms with E-state index in [4.69, 9.17) is 5.26 Å². The maximum absolute atomic E-state index is 12.4. The summed E-state index contributed by atoms with van der Waals surface area (Å²) in [5.74, 6) is -0.151. The zero-order chi connectivity index (χ0) is 16.3. The van der Waals surface area contributed by atoms with E-state index in [9.17, 15) is 8.42 Å². The molecule has 1 fully saturated rings. The van der Waals surface area contributed by atoms with Gasteiger partial charge in [-0.2, -0.15) is 9.57 Å². The van der Waals surface area contributed by atoms with Gasteiger partial charge in [0.25, 0.3) is 0 Å². The van der Waals surface area contributed by atoms with Crippen LogP contribution in [0, 0.1) is 11.3 Å². The fraction of sp³-hybridized carbons (Fsp3) is 0.357. The van der Waals surface area contributed by atoms with Gasteiger partial charge in [-0.05, 0) is 12.1 Å². The van der Waals surface area contributed by atoms with Crippen LogP contribution in [-0.2, 0) is 15.8 Å². The molecule has 2 aromatic heterocycles. The Balaban J connectivity index is 1.62. The second kappa shape index (κ2) is 6.36. The van der Waals surface area contributed by atoms with Crippen LogP contribution in [0.25, 0.3) is 0 Å². The van der Waals surface area contributed by atoms with Crippen molar-refractivity contribution in [3.8, 4) is 6.07 Å². The quantitative estimate of drug-likeness (QED) is 0.806. The smallest absolute Gasteiger partial charge is 0.220 e. The normalized spacial score (nSPS) is 16.2. The van der Waals surface area contributed by atoms with Crippen LogP contribution in [0.15, 0.2) is 35.2 Å². The SMILES string of the molecule is N#Cc1ccc(N2CCN(S(=O)(=O)Cc3ccon3)CC2)cn1. The summed E-state index contributed by atoms with van der Waals surface area (Å²) in [5.41, 5.74) is 1.66. The van der Waals surface area contributed by atoms with Crippen molar-refractivity contribution < 1.29 is 12.9 Å². The number of sulfonamides is 1. The molecule has 0 bridgehead atoms. The number of nitriles is 1.